The summed E-state index contributed by atoms with van der Waals surface area (Å²) in [6, 6.07) is -0.220. The normalized spacial score (nSPS) is 18.7. The van der Waals surface area contributed by atoms with Crippen LogP contribution in [0, 0.1) is 5.92 Å². The lowest BCUT2D eigenvalue weighted by Gasteiger charge is -2.26. The van der Waals surface area contributed by atoms with Gasteiger partial charge in [0.1, 0.15) is 0 Å². The lowest BCUT2D eigenvalue weighted by atomic mass is 10.1. The predicted octanol–water partition coefficient (Wildman–Crippen LogP) is -0.290. The van der Waals surface area contributed by atoms with Crippen LogP contribution in [0.3, 0.4) is 0 Å². The van der Waals surface area contributed by atoms with E-state index >= 15 is 0 Å². The van der Waals surface area contributed by atoms with Crippen LogP contribution in [-0.4, -0.2) is 59.0 Å². The van der Waals surface area contributed by atoms with E-state index in [4.69, 9.17) is 10.8 Å². The second-order valence-corrected chi connectivity index (χ2v) is 4.34. The van der Waals surface area contributed by atoms with Gasteiger partial charge in [-0.3, -0.25) is 9.59 Å². The number of urea groups is 1. The first-order chi connectivity index (χ1) is 8.45. The second kappa shape index (κ2) is 6.23. The molecule has 0 bridgehead atoms. The summed E-state index contributed by atoms with van der Waals surface area (Å²) in [5, 5.41) is 8.61. The van der Waals surface area contributed by atoms with Crippen molar-refractivity contribution in [3.8, 4) is 0 Å². The second-order valence-electron chi connectivity index (χ2n) is 4.34. The number of carbonyl (C=O) groups excluding carboxylic acids is 2. The number of carbonyl (C=O) groups is 3. The molecule has 0 aromatic rings. The number of hydrogen-bond donors (Lipinski definition) is 2. The summed E-state index contributed by atoms with van der Waals surface area (Å²) in [6.45, 7) is 3.25. The molecule has 0 saturated carbocycles. The molecule has 0 spiro atoms. The molecule has 102 valence electrons. The summed E-state index contributed by atoms with van der Waals surface area (Å²) in [7, 11) is 0. The Labute approximate surface area is 106 Å². The molecule has 1 aliphatic rings. The Bertz CT molecular complexity index is 341. The van der Waals surface area contributed by atoms with Crippen LogP contribution < -0.4 is 5.73 Å². The number of amides is 3. The molecular weight excluding hydrogens is 238 g/mol. The van der Waals surface area contributed by atoms with Crippen LogP contribution in [0.25, 0.3) is 0 Å². The molecule has 3 N–H and O–H groups in total. The van der Waals surface area contributed by atoms with Gasteiger partial charge in [0.05, 0.1) is 12.3 Å². The average Bonchev–Trinajstić information content (AvgIpc) is 2.78. The quantitative estimate of drug-likeness (QED) is 0.706. The Morgan fingerprint density at radius 1 is 1.44 bits per heavy atom. The molecular formula is C11H19N3O4. The standard InChI is InChI=1S/C11H19N3O4/c1-2-13(6-4-9(15)16)11(18)14-5-3-8(7-14)10(12)17/h8H,2-7H2,1H3,(H2,12,17)(H,15,16). The zero-order valence-electron chi connectivity index (χ0n) is 10.5. The smallest absolute Gasteiger partial charge is 0.320 e. The third-order valence-electron chi connectivity index (χ3n) is 3.11. The van der Waals surface area contributed by atoms with Crippen molar-refractivity contribution in [2.24, 2.45) is 11.7 Å². The Hall–Kier alpha value is -1.79. The van der Waals surface area contributed by atoms with Crippen molar-refractivity contribution >= 4 is 17.9 Å². The lowest BCUT2D eigenvalue weighted by Crippen LogP contribution is -2.43. The van der Waals surface area contributed by atoms with Gasteiger partial charge in [-0.25, -0.2) is 4.79 Å². The highest BCUT2D eigenvalue weighted by molar-refractivity contribution is 5.80. The SMILES string of the molecule is CCN(CCC(=O)O)C(=O)N1CCC(C(N)=O)C1. The number of hydrogen-bond acceptors (Lipinski definition) is 3. The zero-order chi connectivity index (χ0) is 13.7. The third-order valence-corrected chi connectivity index (χ3v) is 3.11. The summed E-state index contributed by atoms with van der Waals surface area (Å²) in [5.74, 6) is -1.61. The Kier molecular flexibility index (Phi) is 4.94. The summed E-state index contributed by atoms with van der Waals surface area (Å²) in [5.41, 5.74) is 5.20. The van der Waals surface area contributed by atoms with E-state index < -0.39 is 5.97 Å². The van der Waals surface area contributed by atoms with Gasteiger partial charge in [-0.1, -0.05) is 0 Å². The van der Waals surface area contributed by atoms with E-state index in [0.29, 0.717) is 26.1 Å². The van der Waals surface area contributed by atoms with E-state index in [1.54, 1.807) is 11.8 Å². The van der Waals surface area contributed by atoms with Gasteiger partial charge in [0.2, 0.25) is 5.91 Å². The molecule has 1 rings (SSSR count). The maximum Gasteiger partial charge on any atom is 0.320 e. The molecule has 1 fully saturated rings. The molecule has 1 aliphatic heterocycles. The van der Waals surface area contributed by atoms with Crippen LogP contribution in [0.2, 0.25) is 0 Å². The van der Waals surface area contributed by atoms with Crippen LogP contribution in [0.15, 0.2) is 0 Å². The van der Waals surface area contributed by atoms with Crippen molar-refractivity contribution in [2.75, 3.05) is 26.2 Å². The van der Waals surface area contributed by atoms with Crippen LogP contribution in [0.1, 0.15) is 19.8 Å². The monoisotopic (exact) mass is 257 g/mol. The van der Waals surface area contributed by atoms with Crippen LogP contribution in [-0.2, 0) is 9.59 Å². The number of carboxylic acids is 1. The fourth-order valence-corrected chi connectivity index (χ4v) is 1.99. The number of nitrogens with two attached hydrogens (primary N) is 1. The minimum Gasteiger partial charge on any atom is -0.481 e. The minimum atomic E-state index is -0.933. The summed E-state index contributed by atoms with van der Waals surface area (Å²) < 4.78 is 0. The number of aliphatic carboxylic acids is 1. The van der Waals surface area contributed by atoms with E-state index in [0.717, 1.165) is 0 Å². The Morgan fingerprint density at radius 3 is 2.56 bits per heavy atom. The molecule has 1 unspecified atom stereocenters. The van der Waals surface area contributed by atoms with Crippen LogP contribution in [0.5, 0.6) is 0 Å². The van der Waals surface area contributed by atoms with E-state index in [1.807, 2.05) is 0 Å². The Balaban J connectivity index is 2.52. The molecule has 1 heterocycles. The van der Waals surface area contributed by atoms with Gasteiger partial charge in [0.15, 0.2) is 0 Å². The fourth-order valence-electron chi connectivity index (χ4n) is 1.99. The van der Waals surface area contributed by atoms with Gasteiger partial charge in [-0.15, -0.1) is 0 Å². The number of rotatable bonds is 5. The first-order valence-electron chi connectivity index (χ1n) is 6.00. The van der Waals surface area contributed by atoms with E-state index in [2.05, 4.69) is 0 Å². The van der Waals surface area contributed by atoms with E-state index in [1.165, 1.54) is 4.90 Å². The average molecular weight is 257 g/mol. The zero-order valence-corrected chi connectivity index (χ0v) is 10.5. The molecule has 7 nitrogen and oxygen atoms in total. The van der Waals surface area contributed by atoms with Gasteiger partial charge >= 0.3 is 12.0 Å². The largest absolute Gasteiger partial charge is 0.481 e. The molecule has 0 aromatic heterocycles. The molecule has 0 radical (unpaired) electrons. The topological polar surface area (TPSA) is 104 Å². The molecule has 18 heavy (non-hydrogen) atoms. The fraction of sp³-hybridized carbons (Fsp3) is 0.727. The highest BCUT2D eigenvalue weighted by atomic mass is 16.4. The van der Waals surface area contributed by atoms with Gasteiger partial charge in [0.25, 0.3) is 0 Å². The van der Waals surface area contributed by atoms with E-state index in [-0.39, 0.29) is 30.8 Å². The molecule has 0 aromatic carbocycles. The van der Waals surface area contributed by atoms with E-state index in [9.17, 15) is 14.4 Å². The number of primary amides is 1. The van der Waals surface area contributed by atoms with Gasteiger partial charge in [-0.2, -0.15) is 0 Å². The van der Waals surface area contributed by atoms with Crippen LogP contribution in [0.4, 0.5) is 4.79 Å². The predicted molar refractivity (Wildman–Crippen MR) is 63.8 cm³/mol. The summed E-state index contributed by atoms with van der Waals surface area (Å²) in [6.07, 6.45) is 0.504. The van der Waals surface area contributed by atoms with Crippen molar-refractivity contribution in [1.29, 1.82) is 0 Å². The number of nitrogens with zero attached hydrogens (tertiary/aromatic N) is 2. The Morgan fingerprint density at radius 2 is 2.11 bits per heavy atom. The molecule has 7 heteroatoms. The highest BCUT2D eigenvalue weighted by Crippen LogP contribution is 2.17. The summed E-state index contributed by atoms with van der Waals surface area (Å²) in [4.78, 5) is 36.6. The van der Waals surface area contributed by atoms with Crippen molar-refractivity contribution in [3.05, 3.63) is 0 Å². The molecule has 3 amide bonds. The minimum absolute atomic E-state index is 0.0767. The maximum atomic E-state index is 12.1. The van der Waals surface area contributed by atoms with Crippen molar-refractivity contribution in [2.45, 2.75) is 19.8 Å². The van der Waals surface area contributed by atoms with Crippen molar-refractivity contribution in [3.63, 3.8) is 0 Å². The highest BCUT2D eigenvalue weighted by Gasteiger charge is 2.31. The third kappa shape index (κ3) is 3.61. The summed E-state index contributed by atoms with van der Waals surface area (Å²) >= 11 is 0. The molecule has 0 aliphatic carbocycles. The number of likely N-dealkylation sites (tertiary alicyclic amines) is 1. The van der Waals surface area contributed by atoms with Crippen molar-refractivity contribution in [1.82, 2.24) is 9.80 Å². The molecule has 1 saturated heterocycles. The number of carboxylic acid groups (broad SMARTS) is 1. The first-order valence-corrected chi connectivity index (χ1v) is 6.00. The van der Waals surface area contributed by atoms with Crippen molar-refractivity contribution < 1.29 is 19.5 Å². The van der Waals surface area contributed by atoms with Gasteiger partial charge in [-0.05, 0) is 13.3 Å². The first kappa shape index (κ1) is 14.3. The van der Waals surface area contributed by atoms with Crippen LogP contribution >= 0.6 is 0 Å². The van der Waals surface area contributed by atoms with Gasteiger partial charge in [0, 0.05) is 26.2 Å². The lowest BCUT2D eigenvalue weighted by molar-refractivity contribution is -0.137. The maximum absolute atomic E-state index is 12.1. The van der Waals surface area contributed by atoms with Gasteiger partial charge < -0.3 is 20.6 Å². The molecule has 1 atom stereocenters.